The summed E-state index contributed by atoms with van der Waals surface area (Å²) in [5.74, 6) is 0.886. The summed E-state index contributed by atoms with van der Waals surface area (Å²) in [7, 11) is 0. The lowest BCUT2D eigenvalue weighted by Gasteiger charge is -2.29. The van der Waals surface area contributed by atoms with Gasteiger partial charge in [-0.05, 0) is 57.8 Å². The average molecular weight is 223 g/mol. The predicted octanol–water partition coefficient (Wildman–Crippen LogP) is 2.00. The molecule has 0 spiro atoms. The molecule has 1 saturated heterocycles. The van der Waals surface area contributed by atoms with Crippen LogP contribution in [-0.2, 0) is 0 Å². The Morgan fingerprint density at radius 1 is 1.31 bits per heavy atom. The van der Waals surface area contributed by atoms with Crippen molar-refractivity contribution in [1.82, 2.24) is 10.2 Å². The fourth-order valence-electron chi connectivity index (χ4n) is 2.35. The third kappa shape index (κ3) is 5.48. The number of nitrogens with one attached hydrogen (secondary N) is 1. The van der Waals surface area contributed by atoms with Gasteiger partial charge in [0.2, 0.25) is 0 Å². The summed E-state index contributed by atoms with van der Waals surface area (Å²) in [6, 6.07) is 2.21. The first kappa shape index (κ1) is 13.5. The highest BCUT2D eigenvalue weighted by molar-refractivity contribution is 4.73. The van der Waals surface area contributed by atoms with Crippen molar-refractivity contribution in [2.45, 2.75) is 39.0 Å². The maximum absolute atomic E-state index is 8.48. The first-order valence-electron chi connectivity index (χ1n) is 6.66. The third-order valence-electron chi connectivity index (χ3n) is 3.44. The molecular formula is C13H25N3. The number of rotatable bonds is 7. The molecule has 0 atom stereocenters. The highest BCUT2D eigenvalue weighted by Gasteiger charge is 2.15. The summed E-state index contributed by atoms with van der Waals surface area (Å²) >= 11 is 0. The van der Waals surface area contributed by atoms with Gasteiger partial charge in [0.1, 0.15) is 0 Å². The second kappa shape index (κ2) is 8.55. The zero-order chi connectivity index (χ0) is 11.6. The Morgan fingerprint density at radius 3 is 2.69 bits per heavy atom. The van der Waals surface area contributed by atoms with Gasteiger partial charge < -0.3 is 10.2 Å². The van der Waals surface area contributed by atoms with E-state index in [-0.39, 0.29) is 0 Å². The van der Waals surface area contributed by atoms with E-state index in [4.69, 9.17) is 5.26 Å². The van der Waals surface area contributed by atoms with Crippen LogP contribution in [0.3, 0.4) is 0 Å². The quantitative estimate of drug-likeness (QED) is 0.671. The topological polar surface area (TPSA) is 39.1 Å². The largest absolute Gasteiger partial charge is 0.317 e. The normalized spacial score (nSPS) is 17.6. The van der Waals surface area contributed by atoms with Crippen molar-refractivity contribution in [2.75, 3.05) is 32.7 Å². The predicted molar refractivity (Wildman–Crippen MR) is 67.2 cm³/mol. The van der Waals surface area contributed by atoms with E-state index in [0.29, 0.717) is 6.42 Å². The lowest BCUT2D eigenvalue weighted by atomic mass is 9.97. The van der Waals surface area contributed by atoms with E-state index in [2.05, 4.69) is 23.2 Å². The molecule has 92 valence electrons. The van der Waals surface area contributed by atoms with Crippen LogP contribution in [0, 0.1) is 17.2 Å². The highest BCUT2D eigenvalue weighted by atomic mass is 15.1. The Balaban J connectivity index is 2.12. The van der Waals surface area contributed by atoms with E-state index in [0.717, 1.165) is 18.9 Å². The molecule has 0 unspecified atom stereocenters. The Hall–Kier alpha value is -0.590. The molecule has 0 aromatic heterocycles. The molecule has 1 rings (SSSR count). The lowest BCUT2D eigenvalue weighted by molar-refractivity contribution is 0.211. The van der Waals surface area contributed by atoms with Gasteiger partial charge >= 0.3 is 0 Å². The molecule has 0 bridgehead atoms. The van der Waals surface area contributed by atoms with Gasteiger partial charge in [0.05, 0.1) is 6.07 Å². The van der Waals surface area contributed by atoms with Gasteiger partial charge in [-0.1, -0.05) is 6.92 Å². The zero-order valence-electron chi connectivity index (χ0n) is 10.5. The molecule has 0 radical (unpaired) electrons. The van der Waals surface area contributed by atoms with Crippen LogP contribution < -0.4 is 5.32 Å². The van der Waals surface area contributed by atoms with E-state index in [1.54, 1.807) is 0 Å². The maximum atomic E-state index is 8.48. The van der Waals surface area contributed by atoms with E-state index >= 15 is 0 Å². The number of nitriles is 1. The molecule has 3 heteroatoms. The molecule has 1 aliphatic rings. The monoisotopic (exact) mass is 223 g/mol. The van der Waals surface area contributed by atoms with Crippen LogP contribution in [0.2, 0.25) is 0 Å². The molecule has 1 N–H and O–H groups in total. The summed E-state index contributed by atoms with van der Waals surface area (Å²) in [5, 5.41) is 11.9. The zero-order valence-corrected chi connectivity index (χ0v) is 10.5. The molecule has 0 saturated carbocycles. The minimum absolute atomic E-state index is 0.713. The second-order valence-corrected chi connectivity index (χ2v) is 4.70. The SMILES string of the molecule is CCN(CCCCC#N)CC1CCNCC1. The Kier molecular flexibility index (Phi) is 7.20. The average Bonchev–Trinajstić information content (AvgIpc) is 2.34. The van der Waals surface area contributed by atoms with Crippen molar-refractivity contribution < 1.29 is 0 Å². The number of hydrogen-bond donors (Lipinski definition) is 1. The van der Waals surface area contributed by atoms with Crippen molar-refractivity contribution in [1.29, 1.82) is 5.26 Å². The number of piperidine rings is 1. The van der Waals surface area contributed by atoms with Gasteiger partial charge in [0.15, 0.2) is 0 Å². The molecule has 0 aromatic carbocycles. The Bertz CT molecular complexity index is 204. The van der Waals surface area contributed by atoms with E-state index in [9.17, 15) is 0 Å². The van der Waals surface area contributed by atoms with Crippen LogP contribution in [0.25, 0.3) is 0 Å². The van der Waals surface area contributed by atoms with Crippen molar-refractivity contribution in [3.8, 4) is 6.07 Å². The van der Waals surface area contributed by atoms with Crippen molar-refractivity contribution in [2.24, 2.45) is 5.92 Å². The second-order valence-electron chi connectivity index (χ2n) is 4.70. The van der Waals surface area contributed by atoms with Gasteiger partial charge in [-0.25, -0.2) is 0 Å². The van der Waals surface area contributed by atoms with Crippen LogP contribution in [0.5, 0.6) is 0 Å². The summed E-state index contributed by atoms with van der Waals surface area (Å²) in [5.41, 5.74) is 0. The highest BCUT2D eigenvalue weighted by Crippen LogP contribution is 2.13. The Morgan fingerprint density at radius 2 is 2.06 bits per heavy atom. The summed E-state index contributed by atoms with van der Waals surface area (Å²) in [4.78, 5) is 2.55. The maximum Gasteiger partial charge on any atom is 0.0621 e. The first-order chi connectivity index (χ1) is 7.86. The van der Waals surface area contributed by atoms with Crippen molar-refractivity contribution in [3.63, 3.8) is 0 Å². The summed E-state index contributed by atoms with van der Waals surface area (Å²) in [6.07, 6.45) is 5.60. The molecule has 16 heavy (non-hydrogen) atoms. The molecule has 0 aromatic rings. The van der Waals surface area contributed by atoms with Crippen molar-refractivity contribution in [3.05, 3.63) is 0 Å². The number of unbranched alkanes of at least 4 members (excludes halogenated alkanes) is 2. The van der Waals surface area contributed by atoms with Gasteiger partial charge in [0, 0.05) is 13.0 Å². The molecule has 1 fully saturated rings. The Labute approximate surface area is 99.8 Å². The van der Waals surface area contributed by atoms with Gasteiger partial charge in [-0.2, -0.15) is 5.26 Å². The van der Waals surface area contributed by atoms with Gasteiger partial charge in [-0.3, -0.25) is 0 Å². The van der Waals surface area contributed by atoms with Crippen molar-refractivity contribution >= 4 is 0 Å². The number of hydrogen-bond acceptors (Lipinski definition) is 3. The van der Waals surface area contributed by atoms with Gasteiger partial charge in [0.25, 0.3) is 0 Å². The lowest BCUT2D eigenvalue weighted by Crippen LogP contribution is -2.36. The first-order valence-corrected chi connectivity index (χ1v) is 6.66. The van der Waals surface area contributed by atoms with Crippen LogP contribution in [0.1, 0.15) is 39.0 Å². The van der Waals surface area contributed by atoms with Gasteiger partial charge in [-0.15, -0.1) is 0 Å². The molecule has 0 amide bonds. The fourth-order valence-corrected chi connectivity index (χ4v) is 2.35. The van der Waals surface area contributed by atoms with E-state index in [1.807, 2.05) is 0 Å². The number of nitrogens with zero attached hydrogens (tertiary/aromatic N) is 2. The minimum atomic E-state index is 0.713. The van der Waals surface area contributed by atoms with E-state index < -0.39 is 0 Å². The summed E-state index contributed by atoms with van der Waals surface area (Å²) in [6.45, 7) is 8.20. The summed E-state index contributed by atoms with van der Waals surface area (Å²) < 4.78 is 0. The standard InChI is InChI=1S/C13H25N3/c1-2-16(11-5-3-4-8-14)12-13-6-9-15-10-7-13/h13,15H,2-7,9-12H2,1H3. The molecule has 0 aliphatic carbocycles. The third-order valence-corrected chi connectivity index (χ3v) is 3.44. The molecule has 1 aliphatic heterocycles. The van der Waals surface area contributed by atoms with Crippen LogP contribution >= 0.6 is 0 Å². The molecule has 3 nitrogen and oxygen atoms in total. The van der Waals surface area contributed by atoms with Crippen LogP contribution in [0.15, 0.2) is 0 Å². The molecule has 1 heterocycles. The van der Waals surface area contributed by atoms with E-state index in [1.165, 1.54) is 45.4 Å². The fraction of sp³-hybridized carbons (Fsp3) is 0.923. The minimum Gasteiger partial charge on any atom is -0.317 e. The molecular weight excluding hydrogens is 198 g/mol. The smallest absolute Gasteiger partial charge is 0.0621 e. The van der Waals surface area contributed by atoms with Crippen LogP contribution in [-0.4, -0.2) is 37.6 Å². The van der Waals surface area contributed by atoms with Crippen LogP contribution in [0.4, 0.5) is 0 Å².